The quantitative estimate of drug-likeness (QED) is 0.786. The zero-order valence-electron chi connectivity index (χ0n) is 10.2. The molecule has 1 atom stereocenters. The number of piperazine rings is 1. The topological polar surface area (TPSA) is 75.4 Å². The van der Waals surface area contributed by atoms with Crippen LogP contribution in [0.4, 0.5) is 18.0 Å². The normalized spacial score (nSPS) is 31.6. The van der Waals surface area contributed by atoms with E-state index in [1.54, 1.807) is 0 Å². The van der Waals surface area contributed by atoms with Crippen molar-refractivity contribution in [2.45, 2.75) is 31.5 Å². The van der Waals surface area contributed by atoms with Crippen LogP contribution < -0.4 is 11.1 Å². The van der Waals surface area contributed by atoms with E-state index in [0.717, 1.165) is 0 Å². The molecule has 1 aliphatic carbocycles. The molecular formula is C11H16F3N3O2. The Morgan fingerprint density at radius 3 is 2.58 bits per heavy atom. The molecule has 3 amide bonds. The highest BCUT2D eigenvalue weighted by Crippen LogP contribution is 2.46. The first-order valence-electron chi connectivity index (χ1n) is 6.19. The van der Waals surface area contributed by atoms with E-state index in [1.807, 2.05) is 0 Å². The highest BCUT2D eigenvalue weighted by molar-refractivity contribution is 5.87. The third kappa shape index (κ3) is 2.93. The molecule has 5 nitrogen and oxygen atoms in total. The Hall–Kier alpha value is -1.47. The number of nitrogens with one attached hydrogen (secondary N) is 1. The fourth-order valence-electron chi connectivity index (χ4n) is 2.72. The Bertz CT molecular complexity index is 380. The van der Waals surface area contributed by atoms with Gasteiger partial charge in [-0.05, 0) is 25.2 Å². The summed E-state index contributed by atoms with van der Waals surface area (Å²) in [5.74, 6) is -1.78. The number of primary amides is 1. The van der Waals surface area contributed by atoms with E-state index in [2.05, 4.69) is 5.32 Å². The summed E-state index contributed by atoms with van der Waals surface area (Å²) in [5, 5.41) is 2.60. The van der Waals surface area contributed by atoms with Crippen LogP contribution in [0.1, 0.15) is 19.3 Å². The van der Waals surface area contributed by atoms with E-state index in [0.29, 0.717) is 13.1 Å². The van der Waals surface area contributed by atoms with Gasteiger partial charge in [-0.2, -0.15) is 13.2 Å². The van der Waals surface area contributed by atoms with Gasteiger partial charge in [-0.1, -0.05) is 0 Å². The predicted molar refractivity (Wildman–Crippen MR) is 60.0 cm³/mol. The van der Waals surface area contributed by atoms with Gasteiger partial charge in [-0.3, -0.25) is 4.79 Å². The van der Waals surface area contributed by atoms with E-state index in [-0.39, 0.29) is 31.1 Å². The second-order valence-electron chi connectivity index (χ2n) is 5.15. The molecule has 0 bridgehead atoms. The molecule has 1 heterocycles. The fraction of sp³-hybridized carbons (Fsp3) is 0.818. The van der Waals surface area contributed by atoms with Crippen LogP contribution in [0.3, 0.4) is 0 Å². The van der Waals surface area contributed by atoms with Gasteiger partial charge in [0.05, 0.1) is 5.92 Å². The lowest BCUT2D eigenvalue weighted by molar-refractivity contribution is -0.205. The van der Waals surface area contributed by atoms with Gasteiger partial charge in [0.2, 0.25) is 5.91 Å². The summed E-state index contributed by atoms with van der Waals surface area (Å²) in [6, 6.07) is -1.43. The Labute approximate surface area is 108 Å². The summed E-state index contributed by atoms with van der Waals surface area (Å²) in [6.07, 6.45) is -3.85. The maximum absolute atomic E-state index is 12.4. The molecule has 0 aromatic carbocycles. The molecule has 2 aliphatic rings. The van der Waals surface area contributed by atoms with E-state index in [1.165, 1.54) is 4.90 Å². The molecule has 0 aromatic rings. The zero-order valence-corrected chi connectivity index (χ0v) is 10.2. The van der Waals surface area contributed by atoms with Crippen molar-refractivity contribution >= 4 is 11.9 Å². The van der Waals surface area contributed by atoms with Gasteiger partial charge >= 0.3 is 12.2 Å². The van der Waals surface area contributed by atoms with Gasteiger partial charge in [0.15, 0.2) is 0 Å². The minimum Gasteiger partial charge on any atom is -0.353 e. The summed E-state index contributed by atoms with van der Waals surface area (Å²) in [4.78, 5) is 24.1. The highest BCUT2D eigenvalue weighted by atomic mass is 19.4. The van der Waals surface area contributed by atoms with Crippen molar-refractivity contribution in [3.63, 3.8) is 0 Å². The lowest BCUT2D eigenvalue weighted by atomic mass is 9.71. The third-order valence-electron chi connectivity index (χ3n) is 3.87. The molecule has 2 fully saturated rings. The van der Waals surface area contributed by atoms with Crippen LogP contribution >= 0.6 is 0 Å². The Morgan fingerprint density at radius 1 is 1.42 bits per heavy atom. The van der Waals surface area contributed by atoms with Crippen molar-refractivity contribution in [1.29, 1.82) is 0 Å². The molecule has 8 heteroatoms. The maximum Gasteiger partial charge on any atom is 0.391 e. The number of alkyl halides is 3. The van der Waals surface area contributed by atoms with E-state index in [9.17, 15) is 22.8 Å². The van der Waals surface area contributed by atoms with Crippen molar-refractivity contribution in [1.82, 2.24) is 10.2 Å². The van der Waals surface area contributed by atoms with Crippen LogP contribution in [0.5, 0.6) is 0 Å². The number of carbonyl (C=O) groups is 2. The van der Waals surface area contributed by atoms with Crippen molar-refractivity contribution < 1.29 is 22.8 Å². The van der Waals surface area contributed by atoms with E-state index < -0.39 is 24.2 Å². The van der Waals surface area contributed by atoms with Crippen LogP contribution in [-0.4, -0.2) is 42.1 Å². The SMILES string of the molecule is NC(=O)N1CCNC(=O)C1CC1CC(C(F)(F)F)C1. The van der Waals surface area contributed by atoms with Gasteiger partial charge in [0, 0.05) is 13.1 Å². The number of carbonyl (C=O) groups excluding carboxylic acids is 2. The molecule has 1 aliphatic heterocycles. The molecule has 19 heavy (non-hydrogen) atoms. The largest absolute Gasteiger partial charge is 0.391 e. The number of urea groups is 1. The molecule has 108 valence electrons. The first kappa shape index (κ1) is 14.0. The number of hydrogen-bond donors (Lipinski definition) is 2. The number of nitrogens with two attached hydrogens (primary N) is 1. The van der Waals surface area contributed by atoms with Gasteiger partial charge in [0.25, 0.3) is 0 Å². The zero-order chi connectivity index (χ0) is 14.2. The van der Waals surface area contributed by atoms with Crippen LogP contribution in [0.25, 0.3) is 0 Å². The summed E-state index contributed by atoms with van der Waals surface area (Å²) in [6.45, 7) is 0.634. The van der Waals surface area contributed by atoms with Crippen LogP contribution in [0.2, 0.25) is 0 Å². The van der Waals surface area contributed by atoms with Crippen LogP contribution in [0.15, 0.2) is 0 Å². The first-order chi connectivity index (χ1) is 8.79. The molecule has 3 N–H and O–H groups in total. The molecule has 0 aromatic heterocycles. The second kappa shape index (κ2) is 4.90. The van der Waals surface area contributed by atoms with Gasteiger partial charge in [-0.25, -0.2) is 4.79 Å². The number of hydrogen-bond acceptors (Lipinski definition) is 2. The van der Waals surface area contributed by atoms with Gasteiger partial charge in [0.1, 0.15) is 6.04 Å². The standard InChI is InChI=1S/C11H16F3N3O2/c12-11(13,14)7-3-6(4-7)5-8-9(18)16-1-2-17(8)10(15)19/h6-8H,1-5H2,(H2,15,19)(H,16,18). The molecule has 1 saturated heterocycles. The summed E-state index contributed by atoms with van der Waals surface area (Å²) >= 11 is 0. The Morgan fingerprint density at radius 2 is 2.05 bits per heavy atom. The summed E-state index contributed by atoms with van der Waals surface area (Å²) in [7, 11) is 0. The van der Waals surface area contributed by atoms with Gasteiger partial charge in [-0.15, -0.1) is 0 Å². The van der Waals surface area contributed by atoms with Gasteiger partial charge < -0.3 is 16.0 Å². The molecular weight excluding hydrogens is 263 g/mol. The lowest BCUT2D eigenvalue weighted by Gasteiger charge is -2.41. The number of rotatable bonds is 2. The van der Waals surface area contributed by atoms with E-state index >= 15 is 0 Å². The molecule has 0 radical (unpaired) electrons. The maximum atomic E-state index is 12.4. The minimum absolute atomic E-state index is 0.0277. The predicted octanol–water partition coefficient (Wildman–Crippen LogP) is 0.844. The van der Waals surface area contributed by atoms with E-state index in [4.69, 9.17) is 5.73 Å². The average Bonchev–Trinajstić information content (AvgIpc) is 2.22. The summed E-state index contributed by atoms with van der Waals surface area (Å²) in [5.41, 5.74) is 5.18. The van der Waals surface area contributed by atoms with Crippen molar-refractivity contribution in [3.8, 4) is 0 Å². The minimum atomic E-state index is -4.16. The smallest absolute Gasteiger partial charge is 0.353 e. The first-order valence-corrected chi connectivity index (χ1v) is 6.19. The monoisotopic (exact) mass is 279 g/mol. The highest BCUT2D eigenvalue weighted by Gasteiger charge is 2.49. The molecule has 2 rings (SSSR count). The molecule has 0 spiro atoms. The third-order valence-corrected chi connectivity index (χ3v) is 3.87. The average molecular weight is 279 g/mol. The summed E-state index contributed by atoms with van der Waals surface area (Å²) < 4.78 is 37.1. The number of nitrogens with zero attached hydrogens (tertiary/aromatic N) is 1. The fourth-order valence-corrected chi connectivity index (χ4v) is 2.72. The second-order valence-corrected chi connectivity index (χ2v) is 5.15. The molecule has 1 saturated carbocycles. The number of amides is 3. The van der Waals surface area contributed by atoms with Crippen molar-refractivity contribution in [2.75, 3.05) is 13.1 Å². The van der Waals surface area contributed by atoms with Crippen molar-refractivity contribution in [2.24, 2.45) is 17.6 Å². The Kier molecular flexibility index (Phi) is 3.60. The van der Waals surface area contributed by atoms with Crippen LogP contribution in [0, 0.1) is 11.8 Å². The lowest BCUT2D eigenvalue weighted by Crippen LogP contribution is -2.59. The number of halogens is 3. The molecule has 1 unspecified atom stereocenters. The van der Waals surface area contributed by atoms with Crippen LogP contribution in [-0.2, 0) is 4.79 Å². The van der Waals surface area contributed by atoms with Crippen molar-refractivity contribution in [3.05, 3.63) is 0 Å². The Balaban J connectivity index is 1.91.